The lowest BCUT2D eigenvalue weighted by Crippen LogP contribution is -2.13. The van der Waals surface area contributed by atoms with Gasteiger partial charge in [-0.25, -0.2) is 4.79 Å². The minimum Gasteiger partial charge on any atom is -0.478 e. The molecule has 21 heavy (non-hydrogen) atoms. The summed E-state index contributed by atoms with van der Waals surface area (Å²) in [6, 6.07) is 8.88. The van der Waals surface area contributed by atoms with Crippen LogP contribution in [-0.4, -0.2) is 17.0 Å². The Morgan fingerprint density at radius 3 is 2.43 bits per heavy atom. The zero-order valence-electron chi connectivity index (χ0n) is 10.6. The minimum absolute atomic E-state index is 0.0519. The normalized spacial score (nSPS) is 10.2. The van der Waals surface area contributed by atoms with Gasteiger partial charge in [0.1, 0.15) is 0 Å². The first-order valence-corrected chi connectivity index (χ1v) is 6.94. The fraction of sp³-hybridized carbons (Fsp3) is 0. The number of halogens is 2. The number of amides is 1. The molecule has 0 heterocycles. The molecular formula is C14H10BrClN2O3. The molecular weight excluding hydrogens is 360 g/mol. The van der Waals surface area contributed by atoms with Crippen molar-refractivity contribution in [3.8, 4) is 0 Å². The Balaban J connectivity index is 2.25. The summed E-state index contributed by atoms with van der Waals surface area (Å²) in [6.45, 7) is 0. The molecule has 2 aromatic rings. The SMILES string of the molecule is Nc1cc(C(=O)O)ccc1NC(=O)c1cc(Cl)cc(Br)c1. The lowest BCUT2D eigenvalue weighted by atomic mass is 10.1. The van der Waals surface area contributed by atoms with Gasteiger partial charge in [-0.05, 0) is 36.4 Å². The second-order valence-corrected chi connectivity index (χ2v) is 5.57. The van der Waals surface area contributed by atoms with Crippen LogP contribution in [-0.2, 0) is 0 Å². The van der Waals surface area contributed by atoms with E-state index in [0.717, 1.165) is 0 Å². The van der Waals surface area contributed by atoms with E-state index in [1.54, 1.807) is 12.1 Å². The maximum Gasteiger partial charge on any atom is 0.335 e. The third kappa shape index (κ3) is 3.74. The number of rotatable bonds is 3. The van der Waals surface area contributed by atoms with Gasteiger partial charge < -0.3 is 16.2 Å². The van der Waals surface area contributed by atoms with Crippen LogP contribution >= 0.6 is 27.5 Å². The Bertz CT molecular complexity index is 714. The molecule has 0 aliphatic carbocycles. The number of aromatic carboxylic acids is 1. The number of carboxylic acids is 1. The second kappa shape index (κ2) is 6.15. The van der Waals surface area contributed by atoms with E-state index in [2.05, 4.69) is 21.2 Å². The van der Waals surface area contributed by atoms with Crippen LogP contribution in [0.5, 0.6) is 0 Å². The number of benzene rings is 2. The smallest absolute Gasteiger partial charge is 0.335 e. The lowest BCUT2D eigenvalue weighted by molar-refractivity contribution is 0.0697. The summed E-state index contributed by atoms with van der Waals surface area (Å²) in [4.78, 5) is 22.9. The standard InChI is InChI=1S/C14H10BrClN2O3/c15-9-3-8(4-10(16)6-9)13(19)18-12-2-1-7(14(20)21)5-11(12)17/h1-6H,17H2,(H,18,19)(H,20,21). The van der Waals surface area contributed by atoms with Crippen LogP contribution < -0.4 is 11.1 Å². The van der Waals surface area contributed by atoms with E-state index in [9.17, 15) is 9.59 Å². The molecule has 0 fully saturated rings. The highest BCUT2D eigenvalue weighted by atomic mass is 79.9. The third-order valence-corrected chi connectivity index (χ3v) is 3.35. The summed E-state index contributed by atoms with van der Waals surface area (Å²) in [5.41, 5.74) is 6.65. The van der Waals surface area contributed by atoms with Crippen LogP contribution in [0.25, 0.3) is 0 Å². The van der Waals surface area contributed by atoms with E-state index in [4.69, 9.17) is 22.4 Å². The van der Waals surface area contributed by atoms with E-state index >= 15 is 0 Å². The van der Waals surface area contributed by atoms with Crippen molar-refractivity contribution in [2.24, 2.45) is 0 Å². The zero-order valence-corrected chi connectivity index (χ0v) is 12.9. The zero-order chi connectivity index (χ0) is 15.6. The molecule has 0 radical (unpaired) electrons. The lowest BCUT2D eigenvalue weighted by Gasteiger charge is -2.09. The molecule has 5 nitrogen and oxygen atoms in total. The quantitative estimate of drug-likeness (QED) is 0.720. The Morgan fingerprint density at radius 1 is 1.14 bits per heavy atom. The Labute approximate surface area is 133 Å². The first-order valence-electron chi connectivity index (χ1n) is 5.77. The molecule has 0 aromatic heterocycles. The fourth-order valence-corrected chi connectivity index (χ4v) is 2.55. The number of nitrogen functional groups attached to an aromatic ring is 1. The number of nitrogens with one attached hydrogen (secondary N) is 1. The Morgan fingerprint density at radius 2 is 1.86 bits per heavy atom. The maximum absolute atomic E-state index is 12.1. The monoisotopic (exact) mass is 368 g/mol. The maximum atomic E-state index is 12.1. The van der Waals surface area contributed by atoms with Crippen molar-refractivity contribution in [3.63, 3.8) is 0 Å². The number of anilines is 2. The van der Waals surface area contributed by atoms with E-state index in [1.807, 2.05) is 0 Å². The van der Waals surface area contributed by atoms with Gasteiger partial charge in [-0.3, -0.25) is 4.79 Å². The van der Waals surface area contributed by atoms with Crippen LogP contribution in [0, 0.1) is 0 Å². The summed E-state index contributed by atoms with van der Waals surface area (Å²) >= 11 is 9.14. The predicted molar refractivity (Wildman–Crippen MR) is 84.9 cm³/mol. The molecule has 4 N–H and O–H groups in total. The van der Waals surface area contributed by atoms with Gasteiger partial charge in [0.15, 0.2) is 0 Å². The van der Waals surface area contributed by atoms with E-state index in [0.29, 0.717) is 20.7 Å². The number of carbonyl (C=O) groups excluding carboxylic acids is 1. The van der Waals surface area contributed by atoms with Crippen molar-refractivity contribution in [2.45, 2.75) is 0 Å². The molecule has 108 valence electrons. The number of hydrogen-bond acceptors (Lipinski definition) is 3. The Kier molecular flexibility index (Phi) is 4.50. The summed E-state index contributed by atoms with van der Waals surface area (Å²) in [5.74, 6) is -1.48. The molecule has 0 saturated heterocycles. The number of carbonyl (C=O) groups is 2. The van der Waals surface area contributed by atoms with Gasteiger partial charge in [-0.15, -0.1) is 0 Å². The molecule has 0 atom stereocenters. The predicted octanol–water partition coefficient (Wildman–Crippen LogP) is 3.64. The van der Waals surface area contributed by atoms with Gasteiger partial charge in [0.25, 0.3) is 5.91 Å². The number of hydrogen-bond donors (Lipinski definition) is 3. The highest BCUT2D eigenvalue weighted by molar-refractivity contribution is 9.10. The highest BCUT2D eigenvalue weighted by Crippen LogP contribution is 2.23. The van der Waals surface area contributed by atoms with E-state index in [1.165, 1.54) is 24.3 Å². The topological polar surface area (TPSA) is 92.4 Å². The molecule has 2 aromatic carbocycles. The first-order chi connectivity index (χ1) is 9.86. The van der Waals surface area contributed by atoms with Crippen LogP contribution in [0.1, 0.15) is 20.7 Å². The molecule has 0 bridgehead atoms. The van der Waals surface area contributed by atoms with Crippen molar-refractivity contribution in [3.05, 3.63) is 57.0 Å². The van der Waals surface area contributed by atoms with Crippen LogP contribution in [0.2, 0.25) is 5.02 Å². The molecule has 2 rings (SSSR count). The van der Waals surface area contributed by atoms with Crippen LogP contribution in [0.3, 0.4) is 0 Å². The van der Waals surface area contributed by atoms with Gasteiger partial charge in [0.2, 0.25) is 0 Å². The first kappa shape index (κ1) is 15.3. The molecule has 0 aliphatic rings. The van der Waals surface area contributed by atoms with Crippen molar-refractivity contribution >= 4 is 50.8 Å². The van der Waals surface area contributed by atoms with Crippen molar-refractivity contribution in [1.29, 1.82) is 0 Å². The fourth-order valence-electron chi connectivity index (χ4n) is 1.69. The van der Waals surface area contributed by atoms with Gasteiger partial charge in [0, 0.05) is 15.1 Å². The van der Waals surface area contributed by atoms with Gasteiger partial charge in [-0.2, -0.15) is 0 Å². The van der Waals surface area contributed by atoms with Crippen molar-refractivity contribution in [1.82, 2.24) is 0 Å². The second-order valence-electron chi connectivity index (χ2n) is 4.22. The van der Waals surface area contributed by atoms with Crippen molar-refractivity contribution in [2.75, 3.05) is 11.1 Å². The highest BCUT2D eigenvalue weighted by Gasteiger charge is 2.11. The Hall–Kier alpha value is -2.05. The average molecular weight is 370 g/mol. The molecule has 0 saturated carbocycles. The van der Waals surface area contributed by atoms with Gasteiger partial charge in [0.05, 0.1) is 16.9 Å². The molecule has 7 heteroatoms. The molecule has 1 amide bonds. The summed E-state index contributed by atoms with van der Waals surface area (Å²) in [7, 11) is 0. The van der Waals surface area contributed by atoms with Crippen molar-refractivity contribution < 1.29 is 14.7 Å². The third-order valence-electron chi connectivity index (χ3n) is 2.67. The van der Waals surface area contributed by atoms with E-state index in [-0.39, 0.29) is 11.3 Å². The van der Waals surface area contributed by atoms with Gasteiger partial charge >= 0.3 is 5.97 Å². The summed E-state index contributed by atoms with van der Waals surface area (Å²) in [6.07, 6.45) is 0. The summed E-state index contributed by atoms with van der Waals surface area (Å²) < 4.78 is 0.675. The van der Waals surface area contributed by atoms with Crippen LogP contribution in [0.4, 0.5) is 11.4 Å². The molecule has 0 aliphatic heterocycles. The number of carboxylic acid groups (broad SMARTS) is 1. The van der Waals surface area contributed by atoms with Crippen LogP contribution in [0.15, 0.2) is 40.9 Å². The average Bonchev–Trinajstić information content (AvgIpc) is 2.39. The van der Waals surface area contributed by atoms with Gasteiger partial charge in [-0.1, -0.05) is 27.5 Å². The molecule has 0 unspecified atom stereocenters. The largest absolute Gasteiger partial charge is 0.478 e. The minimum atomic E-state index is -1.08. The van der Waals surface area contributed by atoms with E-state index < -0.39 is 11.9 Å². The number of nitrogens with two attached hydrogens (primary N) is 1. The summed E-state index contributed by atoms with van der Waals surface area (Å²) in [5, 5.41) is 11.9. The molecule has 0 spiro atoms.